The average molecular weight is 805 g/mol. The lowest BCUT2D eigenvalue weighted by Crippen LogP contribution is -1.97. The van der Waals surface area contributed by atoms with Crippen LogP contribution in [0.1, 0.15) is 18.9 Å². The molecule has 1 atom stereocenters. The summed E-state index contributed by atoms with van der Waals surface area (Å²) in [5.41, 5.74) is 19.2. The third kappa shape index (κ3) is 6.51. The van der Waals surface area contributed by atoms with Gasteiger partial charge < -0.3 is 9.13 Å². The zero-order chi connectivity index (χ0) is 41.9. The maximum Gasteiger partial charge on any atom is 0.0541 e. The Morgan fingerprint density at radius 1 is 0.333 bits per heavy atom. The van der Waals surface area contributed by atoms with Crippen LogP contribution < -0.4 is 0 Å². The van der Waals surface area contributed by atoms with Gasteiger partial charge in [-0.05, 0) is 153 Å². The van der Waals surface area contributed by atoms with Crippen LogP contribution in [0.3, 0.4) is 0 Å². The van der Waals surface area contributed by atoms with Gasteiger partial charge in [-0.3, -0.25) is 0 Å². The van der Waals surface area contributed by atoms with Crippen molar-refractivity contribution in [3.05, 3.63) is 236 Å². The summed E-state index contributed by atoms with van der Waals surface area (Å²) in [6.07, 6.45) is 8.12. The van der Waals surface area contributed by atoms with Gasteiger partial charge >= 0.3 is 0 Å². The number of aromatic nitrogens is 2. The van der Waals surface area contributed by atoms with Gasteiger partial charge in [0.05, 0.1) is 22.1 Å². The van der Waals surface area contributed by atoms with E-state index < -0.39 is 0 Å². The molecule has 12 rings (SSSR count). The van der Waals surface area contributed by atoms with Crippen molar-refractivity contribution in [2.75, 3.05) is 0 Å². The molecular formula is C61H44N2. The van der Waals surface area contributed by atoms with Crippen LogP contribution in [0, 0.1) is 5.92 Å². The molecule has 1 aliphatic carbocycles. The van der Waals surface area contributed by atoms with Crippen LogP contribution in [-0.2, 0) is 0 Å². The molecule has 0 amide bonds. The van der Waals surface area contributed by atoms with E-state index >= 15 is 0 Å². The highest BCUT2D eigenvalue weighted by Gasteiger charge is 2.16. The first-order chi connectivity index (χ1) is 31.1. The summed E-state index contributed by atoms with van der Waals surface area (Å²) in [6, 6.07) is 78.1. The lowest BCUT2D eigenvalue weighted by molar-refractivity contribution is 0.740. The molecule has 2 heteroatoms. The minimum Gasteiger partial charge on any atom is -0.309 e. The normalized spacial score (nSPS) is 13.9. The Bertz CT molecular complexity index is 3470. The van der Waals surface area contributed by atoms with Gasteiger partial charge in [0.25, 0.3) is 0 Å². The molecule has 63 heavy (non-hydrogen) atoms. The number of rotatable bonds is 7. The fraction of sp³-hybridized carbons (Fsp3) is 0.0492. The van der Waals surface area contributed by atoms with E-state index in [0.717, 1.165) is 17.8 Å². The SMILES string of the molecule is CC1C=C(c2cc(-c3ccc(-n4c5ccccc5c5ccccc54)cc3)cc(-c3cc(-c4ccccc4)cc(-c4ccc(-n5c6ccccc6c6ccccc65)cc4)c3)c2)C=CC1. The predicted molar refractivity (Wildman–Crippen MR) is 268 cm³/mol. The van der Waals surface area contributed by atoms with Crippen LogP contribution in [0.25, 0.3) is 105 Å². The van der Waals surface area contributed by atoms with E-state index in [4.69, 9.17) is 0 Å². The van der Waals surface area contributed by atoms with Gasteiger partial charge in [0.15, 0.2) is 0 Å². The van der Waals surface area contributed by atoms with Crippen molar-refractivity contribution in [2.45, 2.75) is 13.3 Å². The average Bonchev–Trinajstić information content (AvgIpc) is 3.87. The first-order valence-electron chi connectivity index (χ1n) is 22.1. The minimum atomic E-state index is 0.487. The van der Waals surface area contributed by atoms with Gasteiger partial charge in [0.2, 0.25) is 0 Å². The lowest BCUT2D eigenvalue weighted by atomic mass is 9.88. The van der Waals surface area contributed by atoms with Crippen LogP contribution in [-0.4, -0.2) is 9.13 Å². The summed E-state index contributed by atoms with van der Waals surface area (Å²) < 4.78 is 4.78. The standard InChI is InChI=1S/C61H44N2/c1-41-14-13-17-45(34-41)49-36-48(44-28-32-53(33-29-44)63-60-24-11-7-20-56(60)57-21-8-12-25-61(57)63)39-51(40-49)50-37-46(42-15-3-2-4-16-42)35-47(38-50)43-26-30-52(31-27-43)62-58-22-9-5-18-54(58)55-19-6-10-23-59(55)62/h2-13,15-41H,14H2,1H3. The minimum absolute atomic E-state index is 0.487. The highest BCUT2D eigenvalue weighted by molar-refractivity contribution is 6.10. The molecule has 2 nitrogen and oxygen atoms in total. The Hall–Kier alpha value is -7.94. The van der Waals surface area contributed by atoms with E-state index in [2.05, 4.69) is 247 Å². The van der Waals surface area contributed by atoms with Gasteiger partial charge in [-0.2, -0.15) is 0 Å². The Labute approximate surface area is 368 Å². The maximum atomic E-state index is 2.43. The molecule has 0 fully saturated rings. The third-order valence-electron chi connectivity index (χ3n) is 13.0. The van der Waals surface area contributed by atoms with E-state index in [9.17, 15) is 0 Å². The molecule has 11 aromatic rings. The first-order valence-corrected chi connectivity index (χ1v) is 22.1. The van der Waals surface area contributed by atoms with Gasteiger partial charge in [0.1, 0.15) is 0 Å². The van der Waals surface area contributed by atoms with Crippen molar-refractivity contribution >= 4 is 49.2 Å². The van der Waals surface area contributed by atoms with Gasteiger partial charge in [-0.25, -0.2) is 0 Å². The second-order valence-corrected chi connectivity index (χ2v) is 17.0. The number of fused-ring (bicyclic) bond motifs is 6. The van der Waals surface area contributed by atoms with Crippen molar-refractivity contribution in [3.63, 3.8) is 0 Å². The number of nitrogens with zero attached hydrogens (tertiary/aromatic N) is 2. The van der Waals surface area contributed by atoms with Crippen LogP contribution in [0.4, 0.5) is 0 Å². The fourth-order valence-corrected chi connectivity index (χ4v) is 9.93. The quantitative estimate of drug-likeness (QED) is 0.152. The van der Waals surface area contributed by atoms with Gasteiger partial charge in [-0.15, -0.1) is 0 Å². The number of hydrogen-bond donors (Lipinski definition) is 0. The van der Waals surface area contributed by atoms with E-state index in [-0.39, 0.29) is 0 Å². The zero-order valence-corrected chi connectivity index (χ0v) is 35.1. The van der Waals surface area contributed by atoms with Crippen molar-refractivity contribution in [1.82, 2.24) is 9.13 Å². The summed E-state index contributed by atoms with van der Waals surface area (Å²) in [4.78, 5) is 0. The smallest absolute Gasteiger partial charge is 0.0541 e. The Kier molecular flexibility index (Phi) is 8.90. The van der Waals surface area contributed by atoms with Gasteiger partial charge in [0, 0.05) is 32.9 Å². The molecule has 298 valence electrons. The van der Waals surface area contributed by atoms with E-state index in [1.165, 1.54) is 99.3 Å². The second kappa shape index (κ2) is 15.2. The van der Waals surface area contributed by atoms with Crippen molar-refractivity contribution < 1.29 is 0 Å². The van der Waals surface area contributed by atoms with Crippen LogP contribution in [0.2, 0.25) is 0 Å². The monoisotopic (exact) mass is 804 g/mol. The summed E-state index contributed by atoms with van der Waals surface area (Å²) in [5.74, 6) is 0.487. The van der Waals surface area contributed by atoms with E-state index in [0.29, 0.717) is 5.92 Å². The number of allylic oxidation sites excluding steroid dienone is 4. The fourth-order valence-electron chi connectivity index (χ4n) is 9.93. The van der Waals surface area contributed by atoms with Gasteiger partial charge in [-0.1, -0.05) is 153 Å². The zero-order valence-electron chi connectivity index (χ0n) is 35.1. The summed E-state index contributed by atoms with van der Waals surface area (Å²) in [7, 11) is 0. The molecule has 2 aromatic heterocycles. The molecule has 1 unspecified atom stereocenters. The number of benzene rings is 9. The second-order valence-electron chi connectivity index (χ2n) is 17.0. The summed E-state index contributed by atoms with van der Waals surface area (Å²) in [5, 5.41) is 5.08. The molecule has 0 saturated heterocycles. The third-order valence-corrected chi connectivity index (χ3v) is 13.0. The Balaban J connectivity index is 0.988. The first kappa shape index (κ1) is 36.9. The molecular weight excluding hydrogens is 761 g/mol. The predicted octanol–water partition coefficient (Wildman–Crippen LogP) is 16.5. The lowest BCUT2D eigenvalue weighted by Gasteiger charge is -2.17. The molecule has 1 aliphatic rings. The summed E-state index contributed by atoms with van der Waals surface area (Å²) in [6.45, 7) is 2.31. The molecule has 2 heterocycles. The van der Waals surface area contributed by atoms with Crippen molar-refractivity contribution in [2.24, 2.45) is 5.92 Å². The topological polar surface area (TPSA) is 9.86 Å². The maximum absolute atomic E-state index is 2.43. The Morgan fingerprint density at radius 3 is 1.06 bits per heavy atom. The molecule has 0 radical (unpaired) electrons. The van der Waals surface area contributed by atoms with Crippen LogP contribution in [0.5, 0.6) is 0 Å². The molecule has 0 N–H and O–H groups in total. The molecule has 0 spiro atoms. The molecule has 0 aliphatic heterocycles. The van der Waals surface area contributed by atoms with Crippen LogP contribution >= 0.6 is 0 Å². The molecule has 0 bridgehead atoms. The number of hydrogen-bond acceptors (Lipinski definition) is 0. The Morgan fingerprint density at radius 2 is 0.667 bits per heavy atom. The number of para-hydroxylation sites is 4. The summed E-state index contributed by atoms with van der Waals surface area (Å²) >= 11 is 0. The highest BCUT2D eigenvalue weighted by atomic mass is 15.0. The largest absolute Gasteiger partial charge is 0.309 e. The van der Waals surface area contributed by atoms with E-state index in [1.54, 1.807) is 0 Å². The molecule has 9 aromatic carbocycles. The van der Waals surface area contributed by atoms with E-state index in [1.807, 2.05) is 0 Å². The molecule has 0 saturated carbocycles. The van der Waals surface area contributed by atoms with Crippen molar-refractivity contribution in [3.8, 4) is 55.9 Å². The highest BCUT2D eigenvalue weighted by Crippen LogP contribution is 2.39. The van der Waals surface area contributed by atoms with Crippen LogP contribution in [0.15, 0.2) is 231 Å². The van der Waals surface area contributed by atoms with Crippen molar-refractivity contribution in [1.29, 1.82) is 0 Å².